The topological polar surface area (TPSA) is 172 Å². The zero-order valence-electron chi connectivity index (χ0n) is 42.3. The predicted octanol–water partition coefficient (Wildman–Crippen LogP) is 15.5. The molecule has 12 heteroatoms. The molecule has 0 bridgehead atoms. The van der Waals surface area contributed by atoms with E-state index in [1.54, 1.807) is 0 Å². The van der Waals surface area contributed by atoms with Crippen molar-refractivity contribution in [2.24, 2.45) is 5.73 Å². The van der Waals surface area contributed by atoms with E-state index in [4.69, 9.17) is 29.4 Å². The molecule has 4 N–H and O–H groups in total. The smallest absolute Gasteiger partial charge is 0.472 e. The molecular weight excluding hydrogens is 854 g/mol. The third kappa shape index (κ3) is 48.2. The van der Waals surface area contributed by atoms with Crippen LogP contribution >= 0.6 is 7.82 Å². The van der Waals surface area contributed by atoms with E-state index in [0.29, 0.717) is 12.8 Å². The molecule has 0 amide bonds. The number of allylic oxidation sites excluding steroid dienone is 6. The second-order valence-electron chi connectivity index (χ2n) is 18.4. The molecule has 11 nitrogen and oxygen atoms in total. The minimum absolute atomic E-state index is 0.157. The van der Waals surface area contributed by atoms with Crippen LogP contribution < -0.4 is 5.73 Å². The summed E-state index contributed by atoms with van der Waals surface area (Å²) in [5, 5.41) is 8.93. The van der Waals surface area contributed by atoms with E-state index in [9.17, 15) is 23.8 Å². The Morgan fingerprint density at radius 1 is 0.470 bits per heavy atom. The number of esters is 2. The fourth-order valence-corrected chi connectivity index (χ4v) is 8.40. The van der Waals surface area contributed by atoms with Gasteiger partial charge in [0.1, 0.15) is 12.6 Å². The summed E-state index contributed by atoms with van der Waals surface area (Å²) in [6.45, 7) is 2.82. The van der Waals surface area contributed by atoms with E-state index in [1.165, 1.54) is 167 Å². The number of phosphoric ester groups is 1. The fourth-order valence-electron chi connectivity index (χ4n) is 7.62. The molecule has 0 fully saturated rings. The summed E-state index contributed by atoms with van der Waals surface area (Å²) in [6.07, 6.45) is 56.3. The molecule has 0 heterocycles. The van der Waals surface area contributed by atoms with Crippen molar-refractivity contribution in [3.05, 3.63) is 36.5 Å². The van der Waals surface area contributed by atoms with Gasteiger partial charge in [-0.3, -0.25) is 23.4 Å². The molecule has 0 aromatic carbocycles. The highest BCUT2D eigenvalue weighted by Crippen LogP contribution is 2.43. The first-order chi connectivity index (χ1) is 32.1. The Bertz CT molecular complexity index is 1260. The Kier molecular flexibility index (Phi) is 47.4. The average Bonchev–Trinajstić information content (AvgIpc) is 3.30. The number of carbonyl (C=O) groups excluding carboxylic acids is 2. The van der Waals surface area contributed by atoms with Gasteiger partial charge in [0.15, 0.2) is 6.10 Å². The molecule has 3 unspecified atom stereocenters. The van der Waals surface area contributed by atoms with Crippen LogP contribution in [0.2, 0.25) is 0 Å². The first-order valence-electron chi connectivity index (χ1n) is 27.0. The molecule has 0 aliphatic rings. The van der Waals surface area contributed by atoms with Crippen molar-refractivity contribution >= 4 is 25.7 Å². The molecular formula is C54H100NO10P. The molecule has 0 spiro atoms. The van der Waals surface area contributed by atoms with Crippen LogP contribution in [0.1, 0.15) is 258 Å². The van der Waals surface area contributed by atoms with Gasteiger partial charge in [0.05, 0.1) is 13.2 Å². The van der Waals surface area contributed by atoms with E-state index in [1.807, 2.05) is 0 Å². The van der Waals surface area contributed by atoms with E-state index >= 15 is 0 Å². The quantitative estimate of drug-likeness (QED) is 0.0229. The number of carbonyl (C=O) groups is 3. The zero-order valence-corrected chi connectivity index (χ0v) is 43.2. The SMILES string of the molecule is CCCCC/C=C\C/C=C\CCCCCCCCCCCC(=O)OC(COC(=O)CCCCCCCCCCCCC/C=C\CCCCCCCCCC)COP(=O)(O)OCC(N)C(=O)O. The second-order valence-corrected chi connectivity index (χ2v) is 19.8. The number of hydrogen-bond acceptors (Lipinski definition) is 9. The molecule has 0 aliphatic heterocycles. The monoisotopic (exact) mass is 954 g/mol. The van der Waals surface area contributed by atoms with Crippen LogP contribution in [0.3, 0.4) is 0 Å². The number of ether oxygens (including phenoxy) is 2. The van der Waals surface area contributed by atoms with E-state index in [2.05, 4.69) is 50.3 Å². The van der Waals surface area contributed by atoms with Crippen LogP contribution in [-0.2, 0) is 37.5 Å². The normalized spacial score (nSPS) is 13.8. The highest BCUT2D eigenvalue weighted by atomic mass is 31.2. The number of carboxylic acid groups (broad SMARTS) is 1. The van der Waals surface area contributed by atoms with Gasteiger partial charge in [-0.15, -0.1) is 0 Å². The molecule has 66 heavy (non-hydrogen) atoms. The Morgan fingerprint density at radius 3 is 1.23 bits per heavy atom. The maximum Gasteiger partial charge on any atom is 0.472 e. The Labute approximate surface area is 403 Å². The van der Waals surface area contributed by atoms with Gasteiger partial charge < -0.3 is 25.2 Å². The highest BCUT2D eigenvalue weighted by molar-refractivity contribution is 7.47. The standard InChI is InChI=1S/C54H100NO10P/c1-3-5-7-9-11-13-15-17-19-21-23-24-25-26-28-29-31-33-35-37-39-41-43-45-52(56)62-47-50(48-63-66(60,61)64-49-51(55)54(58)59)65-53(57)46-44-42-40-38-36-34-32-30-27-22-20-18-16-14-12-10-8-6-4-2/h12,14,18,20-21,23,50-51H,3-11,13,15-17,19,22,24-49,55H2,1-2H3,(H,58,59)(H,60,61)/b14-12-,20-18-,23-21-. The van der Waals surface area contributed by atoms with Crippen molar-refractivity contribution in [2.75, 3.05) is 19.8 Å². The zero-order chi connectivity index (χ0) is 48.4. The summed E-state index contributed by atoms with van der Waals surface area (Å²) in [6, 6.07) is -1.52. The van der Waals surface area contributed by atoms with E-state index in [-0.39, 0.29) is 19.4 Å². The third-order valence-corrected chi connectivity index (χ3v) is 12.8. The Hall–Kier alpha value is -2.30. The van der Waals surface area contributed by atoms with Crippen molar-refractivity contribution in [3.8, 4) is 0 Å². The van der Waals surface area contributed by atoms with Gasteiger partial charge in [-0.2, -0.15) is 0 Å². The molecule has 386 valence electrons. The van der Waals surface area contributed by atoms with Gasteiger partial charge in [0.2, 0.25) is 0 Å². The highest BCUT2D eigenvalue weighted by Gasteiger charge is 2.28. The first kappa shape index (κ1) is 63.7. The molecule has 0 aromatic heterocycles. The maximum absolute atomic E-state index is 12.7. The van der Waals surface area contributed by atoms with Crippen molar-refractivity contribution in [3.63, 3.8) is 0 Å². The van der Waals surface area contributed by atoms with Crippen molar-refractivity contribution in [1.29, 1.82) is 0 Å². The number of aliphatic carboxylic acids is 1. The van der Waals surface area contributed by atoms with Gasteiger partial charge in [-0.25, -0.2) is 4.57 Å². The fraction of sp³-hybridized carbons (Fsp3) is 0.833. The van der Waals surface area contributed by atoms with Crippen molar-refractivity contribution in [2.45, 2.75) is 270 Å². The minimum atomic E-state index is -4.72. The van der Waals surface area contributed by atoms with Crippen LogP contribution in [0, 0.1) is 0 Å². The van der Waals surface area contributed by atoms with Gasteiger partial charge >= 0.3 is 25.7 Å². The summed E-state index contributed by atoms with van der Waals surface area (Å²) < 4.78 is 32.9. The number of hydrogen-bond donors (Lipinski definition) is 3. The Morgan fingerprint density at radius 2 is 0.803 bits per heavy atom. The van der Waals surface area contributed by atoms with Gasteiger partial charge in [0, 0.05) is 12.8 Å². The lowest BCUT2D eigenvalue weighted by molar-refractivity contribution is -0.161. The number of unbranched alkanes of at least 4 members (excludes halogenated alkanes) is 31. The molecule has 0 aromatic rings. The molecule has 0 radical (unpaired) electrons. The maximum atomic E-state index is 12.7. The third-order valence-electron chi connectivity index (χ3n) is 11.9. The lowest BCUT2D eigenvalue weighted by Crippen LogP contribution is -2.34. The lowest BCUT2D eigenvalue weighted by Gasteiger charge is -2.20. The van der Waals surface area contributed by atoms with Crippen LogP contribution in [-0.4, -0.2) is 59.9 Å². The van der Waals surface area contributed by atoms with Crippen molar-refractivity contribution in [1.82, 2.24) is 0 Å². The van der Waals surface area contributed by atoms with Crippen LogP contribution in [0.5, 0.6) is 0 Å². The Balaban J connectivity index is 4.19. The molecule has 0 saturated heterocycles. The second kappa shape index (κ2) is 49.1. The van der Waals surface area contributed by atoms with Gasteiger partial charge in [-0.05, 0) is 70.6 Å². The van der Waals surface area contributed by atoms with Crippen LogP contribution in [0.4, 0.5) is 0 Å². The van der Waals surface area contributed by atoms with Crippen LogP contribution in [0.15, 0.2) is 36.5 Å². The number of carboxylic acids is 1. The number of phosphoric acid groups is 1. The van der Waals surface area contributed by atoms with Gasteiger partial charge in [-0.1, -0.05) is 211 Å². The number of rotatable bonds is 51. The van der Waals surface area contributed by atoms with E-state index < -0.39 is 51.1 Å². The number of nitrogens with two attached hydrogens (primary N) is 1. The molecule has 3 atom stereocenters. The minimum Gasteiger partial charge on any atom is -0.480 e. The summed E-state index contributed by atoms with van der Waals surface area (Å²) in [4.78, 5) is 46.2. The molecule has 0 saturated carbocycles. The summed E-state index contributed by atoms with van der Waals surface area (Å²) in [5.41, 5.74) is 5.36. The van der Waals surface area contributed by atoms with Crippen LogP contribution in [0.25, 0.3) is 0 Å². The first-order valence-corrected chi connectivity index (χ1v) is 28.5. The average molecular weight is 954 g/mol. The van der Waals surface area contributed by atoms with E-state index in [0.717, 1.165) is 51.4 Å². The molecule has 0 aliphatic carbocycles. The summed E-state index contributed by atoms with van der Waals surface area (Å²) in [5.74, 6) is -2.37. The largest absolute Gasteiger partial charge is 0.480 e. The summed E-state index contributed by atoms with van der Waals surface area (Å²) >= 11 is 0. The molecule has 0 rings (SSSR count). The van der Waals surface area contributed by atoms with Gasteiger partial charge in [0.25, 0.3) is 0 Å². The lowest BCUT2D eigenvalue weighted by atomic mass is 10.0. The predicted molar refractivity (Wildman–Crippen MR) is 272 cm³/mol. The summed E-state index contributed by atoms with van der Waals surface area (Å²) in [7, 11) is -4.72. The van der Waals surface area contributed by atoms with Crippen molar-refractivity contribution < 1.29 is 47.5 Å².